The molecule has 1 saturated carbocycles. The zero-order valence-corrected chi connectivity index (χ0v) is 17.4. The van der Waals surface area contributed by atoms with E-state index in [-0.39, 0.29) is 34.6 Å². The van der Waals surface area contributed by atoms with Crippen LogP contribution in [0.4, 0.5) is 23.2 Å². The van der Waals surface area contributed by atoms with E-state index >= 15 is 0 Å². The second kappa shape index (κ2) is 8.76. The van der Waals surface area contributed by atoms with Crippen molar-refractivity contribution in [2.24, 2.45) is 0 Å². The van der Waals surface area contributed by atoms with Crippen molar-refractivity contribution in [2.45, 2.75) is 57.3 Å². The molecular formula is C22H23F4N5O. The van der Waals surface area contributed by atoms with Crippen LogP contribution in [0.3, 0.4) is 0 Å². The molecule has 0 unspecified atom stereocenters. The number of pyridine rings is 1. The summed E-state index contributed by atoms with van der Waals surface area (Å²) in [6.07, 6.45) is 0.322. The number of hydrogen-bond donors (Lipinski definition) is 3. The first kappa shape index (κ1) is 22.0. The number of nitrogens with one attached hydrogen (secondary N) is 3. The standard InChI is InChI=1S/C22H23F4N5O/c1-2-17-16(11-27-31-17)21(32)29-14-5-3-4-13(9-14)28-19-10-20(22(24,25)26)30-18-7-6-12(23)8-15(18)19/h6-8,10-11,13-14H,2-5,9H2,1H3,(H,27,31)(H,28,30)(H,29,32)/t13-,14+/m0/s1. The molecule has 1 amide bonds. The fourth-order valence-electron chi connectivity index (χ4n) is 4.18. The predicted octanol–water partition coefficient (Wildman–Crippen LogP) is 4.83. The molecular weight excluding hydrogens is 426 g/mol. The Bertz CT molecular complexity index is 1130. The summed E-state index contributed by atoms with van der Waals surface area (Å²) < 4.78 is 53.8. The lowest BCUT2D eigenvalue weighted by Gasteiger charge is -2.31. The number of aryl methyl sites for hydroxylation is 1. The van der Waals surface area contributed by atoms with E-state index in [2.05, 4.69) is 25.8 Å². The fourth-order valence-corrected chi connectivity index (χ4v) is 4.18. The number of fused-ring (bicyclic) bond motifs is 1. The van der Waals surface area contributed by atoms with Crippen LogP contribution in [-0.2, 0) is 12.6 Å². The average Bonchev–Trinajstić information content (AvgIpc) is 3.22. The number of rotatable bonds is 5. The first-order valence-corrected chi connectivity index (χ1v) is 10.5. The van der Waals surface area contributed by atoms with Crippen LogP contribution < -0.4 is 10.6 Å². The van der Waals surface area contributed by atoms with Crippen LogP contribution in [0.1, 0.15) is 54.4 Å². The SMILES string of the molecule is CCc1[nH]ncc1C(=O)N[C@@H]1CCC[C@H](Nc2cc(C(F)(F)F)nc3ccc(F)cc23)C1. The van der Waals surface area contributed by atoms with Gasteiger partial charge >= 0.3 is 6.18 Å². The maximum Gasteiger partial charge on any atom is 0.433 e. The lowest BCUT2D eigenvalue weighted by molar-refractivity contribution is -0.140. The van der Waals surface area contributed by atoms with Gasteiger partial charge in [0.1, 0.15) is 11.5 Å². The quantitative estimate of drug-likeness (QED) is 0.487. The molecule has 0 spiro atoms. The minimum Gasteiger partial charge on any atom is -0.382 e. The van der Waals surface area contributed by atoms with Crippen LogP contribution in [0.25, 0.3) is 10.9 Å². The molecule has 32 heavy (non-hydrogen) atoms. The van der Waals surface area contributed by atoms with Gasteiger partial charge in [0.25, 0.3) is 5.91 Å². The van der Waals surface area contributed by atoms with Crippen molar-refractivity contribution >= 4 is 22.5 Å². The Morgan fingerprint density at radius 3 is 2.75 bits per heavy atom. The van der Waals surface area contributed by atoms with Crippen molar-refractivity contribution in [2.75, 3.05) is 5.32 Å². The normalized spacial score (nSPS) is 19.2. The highest BCUT2D eigenvalue weighted by Crippen LogP contribution is 2.34. The molecule has 2 aromatic heterocycles. The van der Waals surface area contributed by atoms with Gasteiger partial charge in [0, 0.05) is 28.9 Å². The number of benzene rings is 1. The molecule has 0 radical (unpaired) electrons. The largest absolute Gasteiger partial charge is 0.433 e. The van der Waals surface area contributed by atoms with Crippen LogP contribution in [0.5, 0.6) is 0 Å². The number of hydrogen-bond acceptors (Lipinski definition) is 4. The third-order valence-corrected chi connectivity index (χ3v) is 5.75. The molecule has 4 rings (SSSR count). The molecule has 3 aromatic rings. The highest BCUT2D eigenvalue weighted by molar-refractivity contribution is 5.95. The summed E-state index contributed by atoms with van der Waals surface area (Å²) in [5.74, 6) is -0.778. The first-order valence-electron chi connectivity index (χ1n) is 10.5. The zero-order chi connectivity index (χ0) is 22.9. The molecule has 1 aliphatic rings. The third kappa shape index (κ3) is 4.68. The number of nitrogens with zero attached hydrogens (tertiary/aromatic N) is 2. The molecule has 0 saturated heterocycles. The van der Waals surface area contributed by atoms with Crippen LogP contribution in [0.15, 0.2) is 30.5 Å². The molecule has 1 fully saturated rings. The molecule has 2 heterocycles. The Morgan fingerprint density at radius 1 is 1.22 bits per heavy atom. The molecule has 6 nitrogen and oxygen atoms in total. The number of alkyl halides is 3. The predicted molar refractivity (Wildman–Crippen MR) is 112 cm³/mol. The summed E-state index contributed by atoms with van der Waals surface area (Å²) in [5.41, 5.74) is 0.455. The van der Waals surface area contributed by atoms with Crippen molar-refractivity contribution < 1.29 is 22.4 Å². The van der Waals surface area contributed by atoms with Crippen LogP contribution in [-0.4, -0.2) is 33.2 Å². The summed E-state index contributed by atoms with van der Waals surface area (Å²) in [4.78, 5) is 16.3. The highest BCUT2D eigenvalue weighted by atomic mass is 19.4. The zero-order valence-electron chi connectivity index (χ0n) is 17.4. The number of anilines is 1. The summed E-state index contributed by atoms with van der Waals surface area (Å²) in [6.45, 7) is 1.92. The summed E-state index contributed by atoms with van der Waals surface area (Å²) in [7, 11) is 0. The van der Waals surface area contributed by atoms with E-state index in [9.17, 15) is 22.4 Å². The van der Waals surface area contributed by atoms with Crippen molar-refractivity contribution in [1.82, 2.24) is 20.5 Å². The van der Waals surface area contributed by atoms with Gasteiger partial charge in [0.2, 0.25) is 0 Å². The number of amides is 1. The molecule has 170 valence electrons. The minimum absolute atomic E-state index is 0.0661. The topological polar surface area (TPSA) is 82.7 Å². The van der Waals surface area contributed by atoms with Gasteiger partial charge in [-0.05, 0) is 56.4 Å². The maximum absolute atomic E-state index is 13.8. The van der Waals surface area contributed by atoms with Crippen molar-refractivity contribution in [3.05, 3.63) is 53.2 Å². The van der Waals surface area contributed by atoms with Gasteiger partial charge in [-0.15, -0.1) is 0 Å². The summed E-state index contributed by atoms with van der Waals surface area (Å²) >= 11 is 0. The van der Waals surface area contributed by atoms with Crippen LogP contribution >= 0.6 is 0 Å². The minimum atomic E-state index is -4.62. The smallest absolute Gasteiger partial charge is 0.382 e. The van der Waals surface area contributed by atoms with E-state index in [0.717, 1.165) is 37.1 Å². The van der Waals surface area contributed by atoms with Gasteiger partial charge in [-0.1, -0.05) is 6.92 Å². The number of halogens is 4. The molecule has 3 N–H and O–H groups in total. The van der Waals surface area contributed by atoms with E-state index in [0.29, 0.717) is 18.4 Å². The summed E-state index contributed by atoms with van der Waals surface area (Å²) in [6, 6.07) is 4.11. The average molecular weight is 449 g/mol. The number of carbonyl (C=O) groups excluding carboxylic acids is 1. The van der Waals surface area contributed by atoms with Gasteiger partial charge in [-0.2, -0.15) is 18.3 Å². The summed E-state index contributed by atoms with van der Waals surface area (Å²) in [5, 5.41) is 13.2. The molecule has 0 bridgehead atoms. The molecule has 2 atom stereocenters. The second-order valence-electron chi connectivity index (χ2n) is 8.01. The van der Waals surface area contributed by atoms with Crippen molar-refractivity contribution in [3.63, 3.8) is 0 Å². The van der Waals surface area contributed by atoms with E-state index in [1.165, 1.54) is 18.3 Å². The molecule has 10 heteroatoms. The molecule has 1 aromatic carbocycles. The van der Waals surface area contributed by atoms with Crippen LogP contribution in [0.2, 0.25) is 0 Å². The Morgan fingerprint density at radius 2 is 2.00 bits per heavy atom. The van der Waals surface area contributed by atoms with E-state index < -0.39 is 17.7 Å². The molecule has 0 aliphatic heterocycles. The lowest BCUT2D eigenvalue weighted by Crippen LogP contribution is -2.42. The Labute approximate surface area is 181 Å². The van der Waals surface area contributed by atoms with Crippen molar-refractivity contribution in [1.29, 1.82) is 0 Å². The lowest BCUT2D eigenvalue weighted by atomic mass is 9.90. The highest BCUT2D eigenvalue weighted by Gasteiger charge is 2.34. The van der Waals surface area contributed by atoms with E-state index in [4.69, 9.17) is 0 Å². The number of aromatic amines is 1. The Hall–Kier alpha value is -3.17. The second-order valence-corrected chi connectivity index (χ2v) is 8.01. The van der Waals surface area contributed by atoms with Gasteiger partial charge in [-0.3, -0.25) is 9.89 Å². The first-order chi connectivity index (χ1) is 15.2. The van der Waals surface area contributed by atoms with Gasteiger partial charge in [-0.25, -0.2) is 9.37 Å². The number of aromatic nitrogens is 3. The molecule has 1 aliphatic carbocycles. The van der Waals surface area contributed by atoms with Crippen molar-refractivity contribution in [3.8, 4) is 0 Å². The van der Waals surface area contributed by atoms with Gasteiger partial charge in [0.05, 0.1) is 17.3 Å². The Balaban J connectivity index is 1.53. The maximum atomic E-state index is 13.8. The van der Waals surface area contributed by atoms with E-state index in [1.807, 2.05) is 6.92 Å². The van der Waals surface area contributed by atoms with Crippen LogP contribution in [0, 0.1) is 5.82 Å². The third-order valence-electron chi connectivity index (χ3n) is 5.75. The van der Waals surface area contributed by atoms with Gasteiger partial charge in [0.15, 0.2) is 0 Å². The Kier molecular flexibility index (Phi) is 6.03. The monoisotopic (exact) mass is 449 g/mol. The van der Waals surface area contributed by atoms with E-state index in [1.54, 1.807) is 0 Å². The fraction of sp³-hybridized carbons (Fsp3) is 0.409. The number of carbonyl (C=O) groups is 1. The van der Waals surface area contributed by atoms with Gasteiger partial charge < -0.3 is 10.6 Å². The number of H-pyrrole nitrogens is 1.